The van der Waals surface area contributed by atoms with E-state index in [0.717, 1.165) is 11.1 Å². The lowest BCUT2D eigenvalue weighted by Crippen LogP contribution is -2.04. The number of nitrogens with zero attached hydrogens (tertiary/aromatic N) is 2. The molecule has 146 valence electrons. The first kappa shape index (κ1) is 17.6. The Labute approximate surface area is 169 Å². The van der Waals surface area contributed by atoms with Crippen LogP contribution in [0.1, 0.15) is 22.6 Å². The number of ether oxygens (including phenoxy) is 2. The number of benzene rings is 1. The third kappa shape index (κ3) is 3.37. The van der Waals surface area contributed by atoms with Crippen LogP contribution in [0.25, 0.3) is 12.2 Å². The summed E-state index contributed by atoms with van der Waals surface area (Å²) in [5.41, 5.74) is 1.81. The topological polar surface area (TPSA) is 104 Å². The van der Waals surface area contributed by atoms with Crippen molar-refractivity contribution in [2.24, 2.45) is 9.98 Å². The summed E-state index contributed by atoms with van der Waals surface area (Å²) in [6.45, 7) is 0. The van der Waals surface area contributed by atoms with Crippen LogP contribution >= 0.6 is 0 Å². The van der Waals surface area contributed by atoms with Gasteiger partial charge in [-0.25, -0.2) is 19.6 Å². The van der Waals surface area contributed by atoms with Crippen molar-refractivity contribution in [3.63, 3.8) is 0 Å². The van der Waals surface area contributed by atoms with E-state index >= 15 is 0 Å². The monoisotopic (exact) mass is 400 g/mol. The molecule has 0 spiro atoms. The minimum absolute atomic E-state index is 0.127. The third-order valence-electron chi connectivity index (χ3n) is 4.25. The zero-order chi connectivity index (χ0) is 20.5. The van der Waals surface area contributed by atoms with Crippen LogP contribution in [-0.2, 0) is 19.1 Å². The van der Waals surface area contributed by atoms with E-state index in [1.54, 1.807) is 60.7 Å². The molecule has 0 bridgehead atoms. The molecule has 0 atom stereocenters. The van der Waals surface area contributed by atoms with Crippen molar-refractivity contribution in [2.45, 2.75) is 0 Å². The Hall–Kier alpha value is -4.46. The van der Waals surface area contributed by atoms with Crippen LogP contribution in [-0.4, -0.2) is 23.7 Å². The lowest BCUT2D eigenvalue weighted by molar-refractivity contribution is -0.130. The highest BCUT2D eigenvalue weighted by molar-refractivity contribution is 6.12. The largest absolute Gasteiger partial charge is 0.459 e. The van der Waals surface area contributed by atoms with E-state index in [-0.39, 0.29) is 23.2 Å². The van der Waals surface area contributed by atoms with Gasteiger partial charge in [-0.05, 0) is 47.5 Å². The molecule has 5 rings (SSSR count). The van der Waals surface area contributed by atoms with E-state index in [9.17, 15) is 9.59 Å². The molecule has 0 fully saturated rings. The minimum Gasteiger partial charge on any atom is -0.459 e. The van der Waals surface area contributed by atoms with Crippen molar-refractivity contribution < 1.29 is 27.9 Å². The first-order valence-corrected chi connectivity index (χ1v) is 8.89. The second-order valence-corrected chi connectivity index (χ2v) is 6.29. The number of esters is 2. The average Bonchev–Trinajstić information content (AvgIpc) is 3.53. The first-order valence-electron chi connectivity index (χ1n) is 8.89. The van der Waals surface area contributed by atoms with E-state index in [1.807, 2.05) is 0 Å². The van der Waals surface area contributed by atoms with Crippen LogP contribution in [0.15, 0.2) is 91.3 Å². The molecule has 8 heteroatoms. The molecule has 0 saturated carbocycles. The summed E-state index contributed by atoms with van der Waals surface area (Å²) in [6, 6.07) is 13.8. The molecule has 2 aliphatic rings. The highest BCUT2D eigenvalue weighted by Crippen LogP contribution is 2.22. The fraction of sp³-hybridized carbons (Fsp3) is 0. The van der Waals surface area contributed by atoms with Crippen LogP contribution in [0, 0.1) is 0 Å². The van der Waals surface area contributed by atoms with Crippen LogP contribution in [0.2, 0.25) is 0 Å². The summed E-state index contributed by atoms with van der Waals surface area (Å²) in [7, 11) is 0. The standard InChI is InChI=1S/C22H12N2O6/c25-21-15(23-19(29-21)17-3-1-9-27-17)11-13-5-7-14(8-6-13)12-16-22(26)30-20(24-16)18-4-2-10-28-18/h1-12H/b15-11-,16-12-. The Morgan fingerprint density at radius 2 is 1.07 bits per heavy atom. The molecule has 3 aromatic rings. The maximum absolute atomic E-state index is 12.0. The maximum atomic E-state index is 12.0. The van der Waals surface area contributed by atoms with Gasteiger partial charge in [-0.2, -0.15) is 0 Å². The van der Waals surface area contributed by atoms with E-state index in [1.165, 1.54) is 12.5 Å². The van der Waals surface area contributed by atoms with Gasteiger partial charge in [-0.1, -0.05) is 24.3 Å². The number of hydrogen-bond donors (Lipinski definition) is 0. The smallest absolute Gasteiger partial charge is 0.363 e. The van der Waals surface area contributed by atoms with Gasteiger partial charge in [0.25, 0.3) is 11.8 Å². The van der Waals surface area contributed by atoms with Gasteiger partial charge in [0.2, 0.25) is 0 Å². The summed E-state index contributed by atoms with van der Waals surface area (Å²) >= 11 is 0. The SMILES string of the molecule is O=C1OC(c2ccco2)=N/C1=C\c1ccc(/C=C2\N=C(c3ccco3)OC2=O)cc1. The molecule has 0 radical (unpaired) electrons. The van der Waals surface area contributed by atoms with Crippen molar-refractivity contribution in [1.82, 2.24) is 0 Å². The van der Waals surface area contributed by atoms with Crippen LogP contribution in [0.3, 0.4) is 0 Å². The summed E-state index contributed by atoms with van der Waals surface area (Å²) in [5.74, 6) is -0.0920. The van der Waals surface area contributed by atoms with Crippen molar-refractivity contribution in [2.75, 3.05) is 0 Å². The van der Waals surface area contributed by atoms with E-state index in [2.05, 4.69) is 9.98 Å². The summed E-state index contributed by atoms with van der Waals surface area (Å²) < 4.78 is 20.6. The Morgan fingerprint density at radius 3 is 1.43 bits per heavy atom. The molecule has 4 heterocycles. The fourth-order valence-corrected chi connectivity index (χ4v) is 2.83. The fourth-order valence-electron chi connectivity index (χ4n) is 2.83. The van der Waals surface area contributed by atoms with Crippen molar-refractivity contribution >= 4 is 35.9 Å². The molecule has 0 N–H and O–H groups in total. The lowest BCUT2D eigenvalue weighted by atomic mass is 10.1. The number of rotatable bonds is 4. The Morgan fingerprint density at radius 1 is 0.633 bits per heavy atom. The van der Waals surface area contributed by atoms with Gasteiger partial charge < -0.3 is 18.3 Å². The van der Waals surface area contributed by atoms with Crippen LogP contribution < -0.4 is 0 Å². The predicted molar refractivity (Wildman–Crippen MR) is 105 cm³/mol. The van der Waals surface area contributed by atoms with Gasteiger partial charge in [-0.15, -0.1) is 0 Å². The Balaban J connectivity index is 1.36. The van der Waals surface area contributed by atoms with Crippen LogP contribution in [0.4, 0.5) is 0 Å². The number of cyclic esters (lactones) is 2. The van der Waals surface area contributed by atoms with Crippen molar-refractivity contribution in [3.05, 3.63) is 95.1 Å². The number of aliphatic imine (C=N–C) groups is 2. The summed E-state index contributed by atoms with van der Waals surface area (Å²) in [4.78, 5) is 32.4. The Kier molecular flexibility index (Phi) is 4.21. The van der Waals surface area contributed by atoms with Gasteiger partial charge >= 0.3 is 11.9 Å². The molecule has 0 unspecified atom stereocenters. The van der Waals surface area contributed by atoms with Gasteiger partial charge in [0.05, 0.1) is 12.5 Å². The van der Waals surface area contributed by atoms with Crippen molar-refractivity contribution in [1.29, 1.82) is 0 Å². The van der Waals surface area contributed by atoms with Gasteiger partial charge in [-0.3, -0.25) is 0 Å². The second-order valence-electron chi connectivity index (χ2n) is 6.29. The average molecular weight is 400 g/mol. The number of furan rings is 2. The highest BCUT2D eigenvalue weighted by atomic mass is 16.6. The number of carbonyl (C=O) groups excluding carboxylic acids is 2. The molecule has 8 nitrogen and oxygen atoms in total. The molecule has 0 aliphatic carbocycles. The molecule has 2 aromatic heterocycles. The summed E-state index contributed by atoms with van der Waals surface area (Å²) in [6.07, 6.45) is 6.16. The van der Waals surface area contributed by atoms with Gasteiger partial charge in [0.1, 0.15) is 0 Å². The number of hydrogen-bond acceptors (Lipinski definition) is 8. The van der Waals surface area contributed by atoms with Crippen molar-refractivity contribution in [3.8, 4) is 0 Å². The molecule has 30 heavy (non-hydrogen) atoms. The molecule has 0 saturated heterocycles. The van der Waals surface area contributed by atoms with E-state index < -0.39 is 11.9 Å². The lowest BCUT2D eigenvalue weighted by Gasteiger charge is -1.97. The molecule has 2 aliphatic heterocycles. The van der Waals surface area contributed by atoms with Gasteiger partial charge in [0.15, 0.2) is 22.9 Å². The predicted octanol–water partition coefficient (Wildman–Crippen LogP) is 3.56. The quantitative estimate of drug-likeness (QED) is 0.490. The van der Waals surface area contributed by atoms with Crippen LogP contribution in [0.5, 0.6) is 0 Å². The van der Waals surface area contributed by atoms with E-state index in [4.69, 9.17) is 18.3 Å². The van der Waals surface area contributed by atoms with Gasteiger partial charge in [0, 0.05) is 0 Å². The number of carbonyl (C=O) groups is 2. The summed E-state index contributed by atoms with van der Waals surface area (Å²) in [5, 5.41) is 0. The molecular formula is C22H12N2O6. The molecule has 0 amide bonds. The second kappa shape index (κ2) is 7.17. The molecular weight excluding hydrogens is 388 g/mol. The highest BCUT2D eigenvalue weighted by Gasteiger charge is 2.26. The first-order chi connectivity index (χ1) is 14.7. The zero-order valence-corrected chi connectivity index (χ0v) is 15.3. The normalized spacial score (nSPS) is 18.5. The third-order valence-corrected chi connectivity index (χ3v) is 4.25. The van der Waals surface area contributed by atoms with E-state index in [0.29, 0.717) is 11.5 Å². The minimum atomic E-state index is -0.555. The maximum Gasteiger partial charge on any atom is 0.363 e. The zero-order valence-electron chi connectivity index (χ0n) is 15.3. The Bertz CT molecular complexity index is 1140. The molecule has 1 aromatic carbocycles.